The Morgan fingerprint density at radius 1 is 1.43 bits per heavy atom. The Morgan fingerprint density at radius 3 is 2.43 bits per heavy atom. The normalized spacial score (nSPS) is 45.4. The highest BCUT2D eigenvalue weighted by Crippen LogP contribution is 2.56. The highest BCUT2D eigenvalue weighted by Gasteiger charge is 2.60. The third kappa shape index (κ3) is 1.54. The molecule has 4 heteroatoms. The Hall–Kier alpha value is -0.220. The van der Waals surface area contributed by atoms with Crippen molar-refractivity contribution in [2.45, 2.75) is 44.1 Å². The lowest BCUT2D eigenvalue weighted by atomic mass is 9.79. The third-order valence-electron chi connectivity index (χ3n) is 3.87. The molecule has 82 valence electrons. The number of alkyl halides is 2. The van der Waals surface area contributed by atoms with E-state index in [-0.39, 0.29) is 6.42 Å². The predicted molar refractivity (Wildman–Crippen MR) is 49.0 cm³/mol. The summed E-state index contributed by atoms with van der Waals surface area (Å²) in [7, 11) is 0. The fraction of sp³-hybridized carbons (Fsp3) is 1.00. The molecule has 2 nitrogen and oxygen atoms in total. The molecule has 2 rings (SSSR count). The van der Waals surface area contributed by atoms with Gasteiger partial charge in [-0.15, -0.1) is 0 Å². The maximum atomic E-state index is 12.8. The van der Waals surface area contributed by atoms with E-state index in [4.69, 9.17) is 5.73 Å². The summed E-state index contributed by atoms with van der Waals surface area (Å²) in [6.45, 7) is 0.334. The summed E-state index contributed by atoms with van der Waals surface area (Å²) in [4.78, 5) is 0. The third-order valence-corrected chi connectivity index (χ3v) is 3.87. The van der Waals surface area contributed by atoms with Crippen LogP contribution in [0, 0.1) is 11.3 Å². The monoisotopic (exact) mass is 205 g/mol. The van der Waals surface area contributed by atoms with E-state index in [2.05, 4.69) is 0 Å². The summed E-state index contributed by atoms with van der Waals surface area (Å²) in [6, 6.07) is 0. The molecule has 0 saturated heterocycles. The van der Waals surface area contributed by atoms with Crippen molar-refractivity contribution in [2.75, 3.05) is 6.54 Å². The Morgan fingerprint density at radius 2 is 2.07 bits per heavy atom. The summed E-state index contributed by atoms with van der Waals surface area (Å²) >= 11 is 0. The van der Waals surface area contributed by atoms with Crippen LogP contribution < -0.4 is 5.73 Å². The molecule has 2 fully saturated rings. The maximum Gasteiger partial charge on any atom is 0.251 e. The number of nitrogens with two attached hydrogens (primary N) is 1. The maximum absolute atomic E-state index is 12.8. The average Bonchev–Trinajstić information content (AvgIpc) is 2.55. The van der Waals surface area contributed by atoms with Gasteiger partial charge in [-0.3, -0.25) is 0 Å². The Kier molecular flexibility index (Phi) is 2.31. The first kappa shape index (κ1) is 10.3. The second-order valence-corrected chi connectivity index (χ2v) is 4.84. The van der Waals surface area contributed by atoms with Crippen LogP contribution in [0.5, 0.6) is 0 Å². The van der Waals surface area contributed by atoms with E-state index in [9.17, 15) is 13.9 Å². The second kappa shape index (κ2) is 3.14. The molecule has 0 aromatic heterocycles. The van der Waals surface area contributed by atoms with Crippen molar-refractivity contribution < 1.29 is 13.9 Å². The molecule has 3 atom stereocenters. The quantitative estimate of drug-likeness (QED) is 0.733. The molecule has 0 bridgehead atoms. The summed E-state index contributed by atoms with van der Waals surface area (Å²) in [5.74, 6) is -3.01. The molecule has 0 radical (unpaired) electrons. The minimum atomic E-state index is -2.48. The van der Waals surface area contributed by atoms with Gasteiger partial charge < -0.3 is 10.8 Å². The highest BCUT2D eigenvalue weighted by molar-refractivity contribution is 5.03. The van der Waals surface area contributed by atoms with Gasteiger partial charge in [0.15, 0.2) is 0 Å². The summed E-state index contributed by atoms with van der Waals surface area (Å²) in [5, 5.41) is 9.76. The minimum Gasteiger partial charge on any atom is -0.393 e. The van der Waals surface area contributed by atoms with Gasteiger partial charge in [0.1, 0.15) is 0 Å². The van der Waals surface area contributed by atoms with E-state index < -0.39 is 23.4 Å². The van der Waals surface area contributed by atoms with E-state index in [1.54, 1.807) is 0 Å². The first-order chi connectivity index (χ1) is 6.50. The first-order valence-corrected chi connectivity index (χ1v) is 5.26. The topological polar surface area (TPSA) is 46.2 Å². The number of halogens is 2. The smallest absolute Gasteiger partial charge is 0.251 e. The van der Waals surface area contributed by atoms with E-state index in [1.807, 2.05) is 0 Å². The zero-order valence-corrected chi connectivity index (χ0v) is 8.18. The summed E-state index contributed by atoms with van der Waals surface area (Å²) < 4.78 is 25.5. The second-order valence-electron chi connectivity index (χ2n) is 4.84. The molecular weight excluding hydrogens is 188 g/mol. The van der Waals surface area contributed by atoms with Gasteiger partial charge in [0.05, 0.1) is 6.10 Å². The molecule has 0 spiro atoms. The Bertz CT molecular complexity index is 234. The lowest BCUT2D eigenvalue weighted by Crippen LogP contribution is -2.38. The molecule has 3 unspecified atom stereocenters. The zero-order chi connectivity index (χ0) is 10.4. The number of aliphatic hydroxyl groups is 1. The van der Waals surface area contributed by atoms with Gasteiger partial charge in [0, 0.05) is 24.3 Å². The zero-order valence-electron chi connectivity index (χ0n) is 8.18. The van der Waals surface area contributed by atoms with Crippen LogP contribution in [-0.4, -0.2) is 23.7 Å². The highest BCUT2D eigenvalue weighted by atomic mass is 19.3. The Balaban J connectivity index is 2.00. The van der Waals surface area contributed by atoms with Gasteiger partial charge in [0.25, 0.3) is 5.92 Å². The van der Waals surface area contributed by atoms with Crippen molar-refractivity contribution in [1.82, 2.24) is 0 Å². The van der Waals surface area contributed by atoms with Gasteiger partial charge in [-0.05, 0) is 19.3 Å². The van der Waals surface area contributed by atoms with Gasteiger partial charge >= 0.3 is 0 Å². The van der Waals surface area contributed by atoms with Crippen LogP contribution >= 0.6 is 0 Å². The predicted octanol–water partition coefficient (Wildman–Crippen LogP) is 1.52. The number of hydrogen-bond acceptors (Lipinski definition) is 2. The molecule has 0 heterocycles. The van der Waals surface area contributed by atoms with Crippen LogP contribution in [0.15, 0.2) is 0 Å². The van der Waals surface area contributed by atoms with Crippen LogP contribution in [0.4, 0.5) is 8.78 Å². The van der Waals surface area contributed by atoms with Gasteiger partial charge in [0.2, 0.25) is 0 Å². The number of hydrogen-bond donors (Lipinski definition) is 2. The molecule has 14 heavy (non-hydrogen) atoms. The van der Waals surface area contributed by atoms with Crippen molar-refractivity contribution in [2.24, 2.45) is 17.1 Å². The molecule has 2 saturated carbocycles. The molecule has 0 aromatic carbocycles. The standard InChI is InChI=1S/C10H17F2NO/c11-10(12)5-7(10)4-9(6-13)3-1-2-8(9)14/h7-8,14H,1-6,13H2. The largest absolute Gasteiger partial charge is 0.393 e. The van der Waals surface area contributed by atoms with Crippen molar-refractivity contribution in [3.63, 3.8) is 0 Å². The average molecular weight is 205 g/mol. The van der Waals surface area contributed by atoms with E-state index >= 15 is 0 Å². The van der Waals surface area contributed by atoms with Crippen molar-refractivity contribution in [3.05, 3.63) is 0 Å². The van der Waals surface area contributed by atoms with E-state index in [0.717, 1.165) is 19.3 Å². The van der Waals surface area contributed by atoms with Gasteiger partial charge in [-0.1, -0.05) is 6.42 Å². The van der Waals surface area contributed by atoms with Crippen molar-refractivity contribution >= 4 is 0 Å². The van der Waals surface area contributed by atoms with Gasteiger partial charge in [-0.25, -0.2) is 8.78 Å². The minimum absolute atomic E-state index is 0.0124. The molecule has 2 aliphatic carbocycles. The molecule has 0 aromatic rings. The molecule has 0 aliphatic heterocycles. The van der Waals surface area contributed by atoms with Crippen molar-refractivity contribution in [3.8, 4) is 0 Å². The molecular formula is C10H17F2NO. The molecule has 0 amide bonds. The van der Waals surface area contributed by atoms with Crippen molar-refractivity contribution in [1.29, 1.82) is 0 Å². The molecule has 3 N–H and O–H groups in total. The fourth-order valence-corrected chi connectivity index (χ4v) is 2.66. The van der Waals surface area contributed by atoms with Crippen LogP contribution in [0.25, 0.3) is 0 Å². The fourth-order valence-electron chi connectivity index (χ4n) is 2.66. The van der Waals surface area contributed by atoms with Crippen LogP contribution in [0.2, 0.25) is 0 Å². The molecule has 2 aliphatic rings. The number of rotatable bonds is 3. The lowest BCUT2D eigenvalue weighted by Gasteiger charge is -2.31. The SMILES string of the molecule is NCC1(CC2CC2(F)F)CCCC1O. The van der Waals surface area contributed by atoms with Crippen LogP contribution in [-0.2, 0) is 0 Å². The summed E-state index contributed by atoms with van der Waals surface area (Å²) in [5.41, 5.74) is 5.21. The van der Waals surface area contributed by atoms with Crippen LogP contribution in [0.1, 0.15) is 32.1 Å². The lowest BCUT2D eigenvalue weighted by molar-refractivity contribution is 0.0284. The van der Waals surface area contributed by atoms with E-state index in [1.165, 1.54) is 0 Å². The number of aliphatic hydroxyl groups excluding tert-OH is 1. The van der Waals surface area contributed by atoms with Gasteiger partial charge in [-0.2, -0.15) is 0 Å². The van der Waals surface area contributed by atoms with E-state index in [0.29, 0.717) is 13.0 Å². The Labute approximate surface area is 82.5 Å². The first-order valence-electron chi connectivity index (χ1n) is 5.26. The van der Waals surface area contributed by atoms with Crippen LogP contribution in [0.3, 0.4) is 0 Å². The summed E-state index contributed by atoms with van der Waals surface area (Å²) in [6.07, 6.45) is 2.35.